The fraction of sp³-hybridized carbons (Fsp3) is 0.417. The predicted octanol–water partition coefficient (Wildman–Crippen LogP) is 0.798. The zero-order valence-corrected chi connectivity index (χ0v) is 11.5. The first-order valence-corrected chi connectivity index (χ1v) is 7.22. The number of benzene rings is 1. The summed E-state index contributed by atoms with van der Waals surface area (Å²) in [7, 11) is -3.65. The van der Waals surface area contributed by atoms with Gasteiger partial charge in [-0.25, -0.2) is 8.42 Å². The second-order valence-corrected chi connectivity index (χ2v) is 5.76. The number of carbonyl (C=O) groups excluding carboxylic acids is 1. The van der Waals surface area contributed by atoms with Gasteiger partial charge in [-0.1, -0.05) is 17.7 Å². The van der Waals surface area contributed by atoms with E-state index in [1.54, 1.807) is 19.1 Å². The van der Waals surface area contributed by atoms with Crippen LogP contribution in [0.25, 0.3) is 0 Å². The molecule has 0 spiro atoms. The molecule has 6 heteroatoms. The lowest BCUT2D eigenvalue weighted by molar-refractivity contribution is -0.122. The molecule has 0 aliphatic heterocycles. The first-order chi connectivity index (χ1) is 8.36. The zero-order chi connectivity index (χ0) is 13.8. The lowest BCUT2D eigenvalue weighted by Crippen LogP contribution is -2.44. The molecular formula is C12H18N2O3S. The molecule has 1 aromatic rings. The van der Waals surface area contributed by atoms with Gasteiger partial charge in [0, 0.05) is 6.54 Å². The van der Waals surface area contributed by atoms with E-state index in [1.165, 1.54) is 19.1 Å². The number of hydrogen-bond donors (Lipinski definition) is 2. The third kappa shape index (κ3) is 3.82. The number of aryl methyl sites for hydroxylation is 1. The summed E-state index contributed by atoms with van der Waals surface area (Å²) in [5, 5.41) is 2.56. The molecule has 0 aromatic heterocycles. The molecule has 1 rings (SSSR count). The number of carbonyl (C=O) groups is 1. The fourth-order valence-corrected chi connectivity index (χ4v) is 2.60. The summed E-state index contributed by atoms with van der Waals surface area (Å²) in [5.41, 5.74) is 0.978. The van der Waals surface area contributed by atoms with E-state index in [2.05, 4.69) is 10.0 Å². The number of sulfonamides is 1. The summed E-state index contributed by atoms with van der Waals surface area (Å²) in [4.78, 5) is 11.6. The molecule has 1 atom stereocenters. The molecule has 0 aliphatic carbocycles. The minimum Gasteiger partial charge on any atom is -0.355 e. The fourth-order valence-electron chi connectivity index (χ4n) is 1.40. The van der Waals surface area contributed by atoms with Crippen molar-refractivity contribution in [3.05, 3.63) is 29.8 Å². The first kappa shape index (κ1) is 14.7. The van der Waals surface area contributed by atoms with Crippen molar-refractivity contribution in [3.8, 4) is 0 Å². The van der Waals surface area contributed by atoms with Crippen LogP contribution in [0.5, 0.6) is 0 Å². The van der Waals surface area contributed by atoms with Crippen molar-refractivity contribution in [1.82, 2.24) is 10.0 Å². The van der Waals surface area contributed by atoms with Crippen LogP contribution in [0.15, 0.2) is 29.2 Å². The molecule has 0 heterocycles. The molecule has 0 bridgehead atoms. The largest absolute Gasteiger partial charge is 0.355 e. The molecule has 18 heavy (non-hydrogen) atoms. The van der Waals surface area contributed by atoms with Gasteiger partial charge in [0.2, 0.25) is 15.9 Å². The van der Waals surface area contributed by atoms with E-state index >= 15 is 0 Å². The molecule has 5 nitrogen and oxygen atoms in total. The Balaban J connectivity index is 2.82. The van der Waals surface area contributed by atoms with E-state index in [-0.39, 0.29) is 10.8 Å². The van der Waals surface area contributed by atoms with Gasteiger partial charge in [-0.15, -0.1) is 0 Å². The van der Waals surface area contributed by atoms with E-state index in [0.717, 1.165) is 5.56 Å². The Morgan fingerprint density at radius 2 is 1.83 bits per heavy atom. The molecule has 1 aromatic carbocycles. The van der Waals surface area contributed by atoms with Crippen LogP contribution in [-0.2, 0) is 14.8 Å². The maximum Gasteiger partial charge on any atom is 0.241 e. The molecule has 1 unspecified atom stereocenters. The van der Waals surface area contributed by atoms with E-state index in [9.17, 15) is 13.2 Å². The van der Waals surface area contributed by atoms with Crippen LogP contribution >= 0.6 is 0 Å². The Hall–Kier alpha value is -1.40. The molecule has 100 valence electrons. The van der Waals surface area contributed by atoms with E-state index < -0.39 is 16.1 Å². The van der Waals surface area contributed by atoms with E-state index in [1.807, 2.05) is 6.92 Å². The Morgan fingerprint density at radius 3 is 2.33 bits per heavy atom. The van der Waals surface area contributed by atoms with Crippen LogP contribution in [0.2, 0.25) is 0 Å². The van der Waals surface area contributed by atoms with Gasteiger partial charge in [0.25, 0.3) is 0 Å². The van der Waals surface area contributed by atoms with Gasteiger partial charge in [0.15, 0.2) is 0 Å². The van der Waals surface area contributed by atoms with E-state index in [0.29, 0.717) is 6.54 Å². The Labute approximate surface area is 108 Å². The average molecular weight is 270 g/mol. The number of likely N-dealkylation sites (N-methyl/N-ethyl adjacent to an activating group) is 1. The first-order valence-electron chi connectivity index (χ1n) is 5.73. The molecule has 2 N–H and O–H groups in total. The minimum absolute atomic E-state index is 0.157. The van der Waals surface area contributed by atoms with Crippen molar-refractivity contribution in [3.63, 3.8) is 0 Å². The van der Waals surface area contributed by atoms with Crippen LogP contribution in [0.1, 0.15) is 19.4 Å². The highest BCUT2D eigenvalue weighted by Gasteiger charge is 2.21. The summed E-state index contributed by atoms with van der Waals surface area (Å²) in [6.45, 7) is 5.63. The summed E-state index contributed by atoms with van der Waals surface area (Å²) >= 11 is 0. The molecule has 0 fully saturated rings. The third-order valence-corrected chi connectivity index (χ3v) is 3.96. The predicted molar refractivity (Wildman–Crippen MR) is 69.6 cm³/mol. The van der Waals surface area contributed by atoms with Gasteiger partial charge >= 0.3 is 0 Å². The highest BCUT2D eigenvalue weighted by molar-refractivity contribution is 7.89. The van der Waals surface area contributed by atoms with Gasteiger partial charge in [-0.05, 0) is 32.9 Å². The van der Waals surface area contributed by atoms with Crippen molar-refractivity contribution < 1.29 is 13.2 Å². The second-order valence-electron chi connectivity index (χ2n) is 4.05. The molecule has 0 saturated heterocycles. The SMILES string of the molecule is CCNC(=O)C(C)NS(=O)(=O)c1ccc(C)cc1. The van der Waals surface area contributed by atoms with Gasteiger partial charge < -0.3 is 5.32 Å². The zero-order valence-electron chi connectivity index (χ0n) is 10.7. The molecule has 0 radical (unpaired) electrons. The van der Waals surface area contributed by atoms with Gasteiger partial charge in [-0.3, -0.25) is 4.79 Å². The number of hydrogen-bond acceptors (Lipinski definition) is 3. The third-order valence-electron chi connectivity index (χ3n) is 2.41. The summed E-state index contributed by atoms with van der Waals surface area (Å²) < 4.78 is 26.3. The number of rotatable bonds is 5. The minimum atomic E-state index is -3.65. The van der Waals surface area contributed by atoms with Crippen LogP contribution in [0, 0.1) is 6.92 Å². The highest BCUT2D eigenvalue weighted by atomic mass is 32.2. The lowest BCUT2D eigenvalue weighted by atomic mass is 10.2. The average Bonchev–Trinajstić information content (AvgIpc) is 2.29. The molecule has 0 aliphatic rings. The van der Waals surface area contributed by atoms with Crippen LogP contribution in [0.3, 0.4) is 0 Å². The van der Waals surface area contributed by atoms with Gasteiger partial charge in [0.1, 0.15) is 0 Å². The molecule has 1 amide bonds. The van der Waals surface area contributed by atoms with Crippen molar-refractivity contribution in [1.29, 1.82) is 0 Å². The Kier molecular flexibility index (Phi) is 4.86. The van der Waals surface area contributed by atoms with Crippen LogP contribution < -0.4 is 10.0 Å². The Bertz CT molecular complexity index is 509. The quantitative estimate of drug-likeness (QED) is 0.831. The van der Waals surface area contributed by atoms with E-state index in [4.69, 9.17) is 0 Å². The highest BCUT2D eigenvalue weighted by Crippen LogP contribution is 2.10. The molecule has 0 saturated carbocycles. The smallest absolute Gasteiger partial charge is 0.241 e. The summed E-state index contributed by atoms with van der Waals surface area (Å²) in [5.74, 6) is -0.340. The maximum atomic E-state index is 12.0. The topological polar surface area (TPSA) is 75.3 Å². The summed E-state index contributed by atoms with van der Waals surface area (Å²) in [6.07, 6.45) is 0. The van der Waals surface area contributed by atoms with Crippen LogP contribution in [0.4, 0.5) is 0 Å². The van der Waals surface area contributed by atoms with Gasteiger partial charge in [-0.2, -0.15) is 4.72 Å². The van der Waals surface area contributed by atoms with Crippen molar-refractivity contribution in [2.75, 3.05) is 6.54 Å². The maximum absolute atomic E-state index is 12.0. The normalized spacial score (nSPS) is 13.1. The van der Waals surface area contributed by atoms with Crippen molar-refractivity contribution in [2.24, 2.45) is 0 Å². The van der Waals surface area contributed by atoms with Gasteiger partial charge in [0.05, 0.1) is 10.9 Å². The summed E-state index contributed by atoms with van der Waals surface area (Å²) in [6, 6.07) is 5.66. The molecular weight excluding hydrogens is 252 g/mol. The Morgan fingerprint density at radius 1 is 1.28 bits per heavy atom. The lowest BCUT2D eigenvalue weighted by Gasteiger charge is -2.13. The standard InChI is InChI=1S/C12H18N2O3S/c1-4-13-12(15)10(3)14-18(16,17)11-7-5-9(2)6-8-11/h5-8,10,14H,4H2,1-3H3,(H,13,15). The number of nitrogens with one attached hydrogen (secondary N) is 2. The second kappa shape index (κ2) is 5.97. The van der Waals surface area contributed by atoms with Crippen LogP contribution in [-0.4, -0.2) is 26.9 Å². The van der Waals surface area contributed by atoms with Crippen molar-refractivity contribution >= 4 is 15.9 Å². The van der Waals surface area contributed by atoms with Crippen molar-refractivity contribution in [2.45, 2.75) is 31.7 Å². The monoisotopic (exact) mass is 270 g/mol. The number of amides is 1.